The predicted octanol–water partition coefficient (Wildman–Crippen LogP) is 4.77. The van der Waals surface area contributed by atoms with E-state index >= 15 is 0 Å². The van der Waals surface area contributed by atoms with E-state index in [4.69, 9.17) is 23.2 Å². The molecule has 0 aromatic heterocycles. The van der Waals surface area contributed by atoms with E-state index in [2.05, 4.69) is 6.07 Å². The molecule has 0 unspecified atom stereocenters. The monoisotopic (exact) mass is 235 g/mol. The summed E-state index contributed by atoms with van der Waals surface area (Å²) in [6.07, 6.45) is 0. The van der Waals surface area contributed by atoms with Crippen LogP contribution in [0.4, 0.5) is 0 Å². The summed E-state index contributed by atoms with van der Waals surface area (Å²) >= 11 is 12.3. The molecule has 0 heterocycles. The molecule has 0 aliphatic heterocycles. The van der Waals surface area contributed by atoms with Crippen LogP contribution < -0.4 is 0 Å². The lowest BCUT2D eigenvalue weighted by atomic mass is 10.0. The maximum atomic E-state index is 6.21. The highest BCUT2D eigenvalue weighted by molar-refractivity contribution is 6.36. The van der Waals surface area contributed by atoms with E-state index in [1.165, 1.54) is 0 Å². The fraction of sp³-hybridized carbons (Fsp3) is 0.0769. The molecule has 0 amide bonds. The van der Waals surface area contributed by atoms with E-state index < -0.39 is 0 Å². The first-order chi connectivity index (χ1) is 7.20. The fourth-order valence-electron chi connectivity index (χ4n) is 1.48. The molecule has 0 bridgehead atoms. The first-order valence-corrected chi connectivity index (χ1v) is 5.37. The molecule has 0 aliphatic rings. The quantitative estimate of drug-likeness (QED) is 0.669. The molecule has 0 saturated heterocycles. The van der Waals surface area contributed by atoms with Crippen molar-refractivity contribution in [1.82, 2.24) is 0 Å². The second-order valence-electron chi connectivity index (χ2n) is 3.31. The molecule has 2 aromatic rings. The molecule has 0 N–H and O–H groups in total. The summed E-state index contributed by atoms with van der Waals surface area (Å²) in [4.78, 5) is 0. The summed E-state index contributed by atoms with van der Waals surface area (Å²) in [6, 6.07) is 14.5. The van der Waals surface area contributed by atoms with Gasteiger partial charge in [0.1, 0.15) is 0 Å². The average Bonchev–Trinajstić information content (AvgIpc) is 2.23. The SMILES string of the molecule is Cc1[c]ccc(-c2ccccc2Cl)c1Cl. The maximum absolute atomic E-state index is 6.21. The summed E-state index contributed by atoms with van der Waals surface area (Å²) < 4.78 is 0. The Kier molecular flexibility index (Phi) is 2.99. The van der Waals surface area contributed by atoms with Crippen molar-refractivity contribution in [1.29, 1.82) is 0 Å². The zero-order valence-electron chi connectivity index (χ0n) is 8.22. The van der Waals surface area contributed by atoms with Gasteiger partial charge in [-0.05, 0) is 24.6 Å². The van der Waals surface area contributed by atoms with E-state index in [0.717, 1.165) is 16.7 Å². The van der Waals surface area contributed by atoms with E-state index in [1.54, 1.807) is 0 Å². The Bertz CT molecular complexity index is 490. The van der Waals surface area contributed by atoms with Gasteiger partial charge < -0.3 is 0 Å². The number of aryl methyl sites for hydroxylation is 1. The van der Waals surface area contributed by atoms with E-state index in [0.29, 0.717) is 10.0 Å². The van der Waals surface area contributed by atoms with Crippen LogP contribution in [0.15, 0.2) is 36.4 Å². The summed E-state index contributed by atoms with van der Waals surface area (Å²) in [5, 5.41) is 1.43. The van der Waals surface area contributed by atoms with Gasteiger partial charge in [-0.15, -0.1) is 0 Å². The predicted molar refractivity (Wildman–Crippen MR) is 65.5 cm³/mol. The van der Waals surface area contributed by atoms with Crippen molar-refractivity contribution in [2.45, 2.75) is 6.92 Å². The number of benzene rings is 2. The van der Waals surface area contributed by atoms with Crippen molar-refractivity contribution >= 4 is 23.2 Å². The number of halogens is 2. The molecule has 0 atom stereocenters. The molecule has 75 valence electrons. The molecule has 2 aromatic carbocycles. The topological polar surface area (TPSA) is 0 Å². The Morgan fingerprint density at radius 3 is 2.47 bits per heavy atom. The van der Waals surface area contributed by atoms with Crippen LogP contribution in [0, 0.1) is 13.0 Å². The Balaban J connectivity index is 2.65. The minimum atomic E-state index is 0.713. The van der Waals surface area contributed by atoms with Gasteiger partial charge in [-0.1, -0.05) is 53.5 Å². The molecule has 0 nitrogen and oxygen atoms in total. The van der Waals surface area contributed by atoms with Gasteiger partial charge in [0.15, 0.2) is 0 Å². The molecule has 2 rings (SSSR count). The summed E-state index contributed by atoms with van der Waals surface area (Å²) in [5.74, 6) is 0. The third-order valence-electron chi connectivity index (χ3n) is 2.28. The van der Waals surface area contributed by atoms with Gasteiger partial charge in [-0.25, -0.2) is 0 Å². The van der Waals surface area contributed by atoms with Crippen LogP contribution in [-0.2, 0) is 0 Å². The fourth-order valence-corrected chi connectivity index (χ4v) is 1.93. The molecular formula is C13H9Cl2. The molecule has 0 fully saturated rings. The zero-order valence-corrected chi connectivity index (χ0v) is 9.73. The van der Waals surface area contributed by atoms with Gasteiger partial charge >= 0.3 is 0 Å². The lowest BCUT2D eigenvalue weighted by Gasteiger charge is -2.08. The van der Waals surface area contributed by atoms with Crippen LogP contribution in [0.3, 0.4) is 0 Å². The van der Waals surface area contributed by atoms with Crippen LogP contribution in [0.5, 0.6) is 0 Å². The largest absolute Gasteiger partial charge is 0.0837 e. The van der Waals surface area contributed by atoms with Crippen LogP contribution in [0.1, 0.15) is 5.56 Å². The molecular weight excluding hydrogens is 227 g/mol. The Morgan fingerprint density at radius 1 is 1.00 bits per heavy atom. The highest BCUT2D eigenvalue weighted by atomic mass is 35.5. The zero-order chi connectivity index (χ0) is 10.8. The Labute approximate surface area is 99.5 Å². The molecule has 0 saturated carbocycles. The minimum absolute atomic E-state index is 0.713. The van der Waals surface area contributed by atoms with Crippen molar-refractivity contribution in [3.8, 4) is 11.1 Å². The third-order valence-corrected chi connectivity index (χ3v) is 3.10. The van der Waals surface area contributed by atoms with E-state index in [9.17, 15) is 0 Å². The highest BCUT2D eigenvalue weighted by Gasteiger charge is 2.07. The molecule has 2 heteroatoms. The normalized spacial score (nSPS) is 10.3. The lowest BCUT2D eigenvalue weighted by Crippen LogP contribution is -1.83. The molecule has 0 spiro atoms. The second-order valence-corrected chi connectivity index (χ2v) is 4.10. The van der Waals surface area contributed by atoms with E-state index in [1.807, 2.05) is 43.3 Å². The second kappa shape index (κ2) is 4.26. The van der Waals surface area contributed by atoms with Crippen molar-refractivity contribution in [3.05, 3.63) is 58.1 Å². The van der Waals surface area contributed by atoms with Crippen LogP contribution >= 0.6 is 23.2 Å². The van der Waals surface area contributed by atoms with Crippen LogP contribution in [-0.4, -0.2) is 0 Å². The van der Waals surface area contributed by atoms with Crippen molar-refractivity contribution in [3.63, 3.8) is 0 Å². The lowest BCUT2D eigenvalue weighted by molar-refractivity contribution is 1.45. The number of hydrogen-bond acceptors (Lipinski definition) is 0. The summed E-state index contributed by atoms with van der Waals surface area (Å²) in [7, 11) is 0. The van der Waals surface area contributed by atoms with Gasteiger partial charge in [-0.2, -0.15) is 0 Å². The van der Waals surface area contributed by atoms with Crippen molar-refractivity contribution in [2.75, 3.05) is 0 Å². The van der Waals surface area contributed by atoms with Crippen molar-refractivity contribution < 1.29 is 0 Å². The summed E-state index contributed by atoms with van der Waals surface area (Å²) in [5.41, 5.74) is 2.86. The van der Waals surface area contributed by atoms with Crippen LogP contribution in [0.2, 0.25) is 10.0 Å². The minimum Gasteiger partial charge on any atom is -0.0837 e. The Morgan fingerprint density at radius 2 is 1.73 bits per heavy atom. The Hall–Kier alpha value is -0.980. The van der Waals surface area contributed by atoms with Gasteiger partial charge in [-0.3, -0.25) is 0 Å². The first-order valence-electron chi connectivity index (χ1n) is 4.62. The van der Waals surface area contributed by atoms with Gasteiger partial charge in [0.2, 0.25) is 0 Å². The van der Waals surface area contributed by atoms with Gasteiger partial charge in [0, 0.05) is 16.1 Å². The van der Waals surface area contributed by atoms with Gasteiger partial charge in [0.05, 0.1) is 5.02 Å². The highest BCUT2D eigenvalue weighted by Crippen LogP contribution is 2.34. The van der Waals surface area contributed by atoms with Crippen molar-refractivity contribution in [2.24, 2.45) is 0 Å². The number of rotatable bonds is 1. The average molecular weight is 236 g/mol. The van der Waals surface area contributed by atoms with Gasteiger partial charge in [0.25, 0.3) is 0 Å². The first kappa shape index (κ1) is 10.5. The summed E-state index contributed by atoms with van der Waals surface area (Å²) in [6.45, 7) is 1.93. The number of hydrogen-bond donors (Lipinski definition) is 0. The maximum Gasteiger partial charge on any atom is 0.0520 e. The molecule has 0 aliphatic carbocycles. The standard InChI is InChI=1S/C13H9Cl2/c1-9-5-4-7-11(13(9)15)10-6-2-3-8-12(10)14/h2-4,6-8H,1H3. The molecule has 15 heavy (non-hydrogen) atoms. The third kappa shape index (κ3) is 2.01. The van der Waals surface area contributed by atoms with E-state index in [-0.39, 0.29) is 0 Å². The van der Waals surface area contributed by atoms with Crippen LogP contribution in [0.25, 0.3) is 11.1 Å². The smallest absolute Gasteiger partial charge is 0.0520 e. The molecule has 1 radical (unpaired) electrons.